The monoisotopic (exact) mass is 469 g/mol. The number of carbonyl (C=O) groups excluding carboxylic acids is 1. The molecule has 8 heteroatoms. The van der Waals surface area contributed by atoms with Crippen LogP contribution in [0.25, 0.3) is 10.7 Å². The first-order valence-corrected chi connectivity index (χ1v) is 12.9. The average Bonchev–Trinajstić information content (AvgIpc) is 3.44. The highest BCUT2D eigenvalue weighted by Gasteiger charge is 2.37. The van der Waals surface area contributed by atoms with Gasteiger partial charge >= 0.3 is 0 Å². The molecule has 0 spiro atoms. The quantitative estimate of drug-likeness (QED) is 0.628. The lowest BCUT2D eigenvalue weighted by atomic mass is 9.81. The molecule has 2 aromatic heterocycles. The topological polar surface area (TPSA) is 95.0 Å². The number of thiophene rings is 1. The number of carbonyl (C=O) groups is 1. The Morgan fingerprint density at radius 3 is 2.45 bits per heavy atom. The molecule has 2 aliphatic carbocycles. The SMILES string of the molecule is CC1CCC(C(=O)N(c2cc(C#CC(C)(C)C)sc2-c2nn[nH]n2)C2CCC(O)CC2)CC1. The van der Waals surface area contributed by atoms with Gasteiger partial charge in [-0.15, -0.1) is 21.5 Å². The Kier molecular flexibility index (Phi) is 7.20. The highest BCUT2D eigenvalue weighted by molar-refractivity contribution is 7.16. The third-order valence-corrected chi connectivity index (χ3v) is 7.75. The largest absolute Gasteiger partial charge is 0.393 e. The van der Waals surface area contributed by atoms with Crippen LogP contribution in [0.1, 0.15) is 83.9 Å². The number of H-pyrrole nitrogens is 1. The van der Waals surface area contributed by atoms with Crippen molar-refractivity contribution in [2.75, 3.05) is 4.90 Å². The Balaban J connectivity index is 1.75. The van der Waals surface area contributed by atoms with Gasteiger partial charge in [-0.2, -0.15) is 5.21 Å². The molecule has 0 radical (unpaired) electrons. The van der Waals surface area contributed by atoms with Crippen molar-refractivity contribution in [1.29, 1.82) is 0 Å². The van der Waals surface area contributed by atoms with Gasteiger partial charge in [0.05, 0.1) is 16.7 Å². The molecule has 0 saturated heterocycles. The van der Waals surface area contributed by atoms with Crippen molar-refractivity contribution in [3.63, 3.8) is 0 Å². The predicted molar refractivity (Wildman–Crippen MR) is 131 cm³/mol. The van der Waals surface area contributed by atoms with Gasteiger partial charge in [0, 0.05) is 17.4 Å². The lowest BCUT2D eigenvalue weighted by Gasteiger charge is -2.38. The van der Waals surface area contributed by atoms with Crippen molar-refractivity contribution in [2.45, 2.75) is 91.2 Å². The van der Waals surface area contributed by atoms with Gasteiger partial charge in [-0.05, 0) is 89.3 Å². The molecule has 0 unspecified atom stereocenters. The lowest BCUT2D eigenvalue weighted by molar-refractivity contribution is -0.124. The zero-order chi connectivity index (χ0) is 23.6. The van der Waals surface area contributed by atoms with Crippen LogP contribution in [0.2, 0.25) is 0 Å². The van der Waals surface area contributed by atoms with E-state index < -0.39 is 0 Å². The molecule has 0 atom stereocenters. The van der Waals surface area contributed by atoms with Crippen LogP contribution in [0.15, 0.2) is 6.07 Å². The van der Waals surface area contributed by atoms with Gasteiger partial charge in [0.2, 0.25) is 11.7 Å². The molecule has 33 heavy (non-hydrogen) atoms. The number of rotatable bonds is 4. The number of hydrogen-bond acceptors (Lipinski definition) is 6. The number of aliphatic hydroxyl groups excluding tert-OH is 1. The maximum atomic E-state index is 14.0. The van der Waals surface area contributed by atoms with Crippen LogP contribution in [0.5, 0.6) is 0 Å². The van der Waals surface area contributed by atoms with Gasteiger partial charge in [-0.25, -0.2) is 0 Å². The third-order valence-electron chi connectivity index (χ3n) is 6.72. The van der Waals surface area contributed by atoms with E-state index in [1.165, 1.54) is 11.3 Å². The van der Waals surface area contributed by atoms with E-state index in [4.69, 9.17) is 0 Å². The fraction of sp³-hybridized carbons (Fsp3) is 0.680. The summed E-state index contributed by atoms with van der Waals surface area (Å²) in [5.74, 6) is 8.01. The minimum Gasteiger partial charge on any atom is -0.393 e. The van der Waals surface area contributed by atoms with E-state index in [0.29, 0.717) is 24.6 Å². The number of nitrogens with one attached hydrogen (secondary N) is 1. The molecule has 0 aliphatic heterocycles. The van der Waals surface area contributed by atoms with E-state index in [9.17, 15) is 9.90 Å². The summed E-state index contributed by atoms with van der Waals surface area (Å²) in [5, 5.41) is 24.9. The van der Waals surface area contributed by atoms with E-state index >= 15 is 0 Å². The zero-order valence-corrected chi connectivity index (χ0v) is 20.9. The molecule has 1 amide bonds. The lowest BCUT2D eigenvalue weighted by Crippen LogP contribution is -2.46. The molecule has 0 bridgehead atoms. The minimum atomic E-state index is -0.277. The molecule has 2 fully saturated rings. The predicted octanol–water partition coefficient (Wildman–Crippen LogP) is 4.79. The Morgan fingerprint density at radius 2 is 1.85 bits per heavy atom. The first-order valence-electron chi connectivity index (χ1n) is 12.1. The Bertz CT molecular complexity index is 998. The Hall–Kier alpha value is -2.24. The zero-order valence-electron chi connectivity index (χ0n) is 20.1. The standard InChI is InChI=1S/C25H35N5O2S/c1-16-5-7-17(8-6-16)24(32)30(18-9-11-19(31)12-10-18)21-15-20(13-14-25(2,3)4)33-22(21)23-26-28-29-27-23/h15-19,31H,5-12H2,1-4H3,(H,26,27,28,29). The highest BCUT2D eigenvalue weighted by Crippen LogP contribution is 2.42. The van der Waals surface area contributed by atoms with Crippen LogP contribution < -0.4 is 4.90 Å². The number of aliphatic hydroxyl groups is 1. The second-order valence-electron chi connectivity index (χ2n) is 10.7. The maximum absolute atomic E-state index is 14.0. The third kappa shape index (κ3) is 5.82. The molecule has 7 nitrogen and oxygen atoms in total. The molecular formula is C25H35N5O2S. The summed E-state index contributed by atoms with van der Waals surface area (Å²) in [6.07, 6.45) is 6.80. The van der Waals surface area contributed by atoms with E-state index in [-0.39, 0.29) is 29.4 Å². The number of aromatic amines is 1. The molecule has 2 aliphatic rings. The van der Waals surface area contributed by atoms with Crippen molar-refractivity contribution in [2.24, 2.45) is 17.3 Å². The van der Waals surface area contributed by atoms with Crippen molar-refractivity contribution in [3.8, 4) is 22.5 Å². The summed E-state index contributed by atoms with van der Waals surface area (Å²) >= 11 is 1.51. The minimum absolute atomic E-state index is 0.0372. The number of hydrogen-bond donors (Lipinski definition) is 2. The van der Waals surface area contributed by atoms with Crippen LogP contribution in [0.4, 0.5) is 5.69 Å². The van der Waals surface area contributed by atoms with Crippen LogP contribution in [0, 0.1) is 29.1 Å². The van der Waals surface area contributed by atoms with Crippen LogP contribution in [-0.4, -0.2) is 43.8 Å². The number of nitrogens with zero attached hydrogens (tertiary/aromatic N) is 4. The summed E-state index contributed by atoms with van der Waals surface area (Å²) in [6.45, 7) is 8.53. The molecule has 2 aromatic rings. The van der Waals surface area contributed by atoms with E-state index in [2.05, 4.69) is 60.2 Å². The molecular weight excluding hydrogens is 434 g/mol. The smallest absolute Gasteiger partial charge is 0.230 e. The average molecular weight is 470 g/mol. The normalized spacial score (nSPS) is 25.8. The summed E-state index contributed by atoms with van der Waals surface area (Å²) in [4.78, 5) is 17.7. The van der Waals surface area contributed by atoms with Gasteiger partial charge in [0.25, 0.3) is 0 Å². The second kappa shape index (κ2) is 9.94. The van der Waals surface area contributed by atoms with Crippen LogP contribution >= 0.6 is 11.3 Å². The number of amides is 1. The van der Waals surface area contributed by atoms with Crippen LogP contribution in [0.3, 0.4) is 0 Å². The molecule has 0 aromatic carbocycles. The molecule has 2 heterocycles. The number of tetrazole rings is 1. The van der Waals surface area contributed by atoms with Gasteiger partial charge < -0.3 is 10.0 Å². The summed E-state index contributed by atoms with van der Waals surface area (Å²) in [6, 6.07) is 2.09. The van der Waals surface area contributed by atoms with Crippen molar-refractivity contribution in [1.82, 2.24) is 20.6 Å². The van der Waals surface area contributed by atoms with Gasteiger partial charge in [0.15, 0.2) is 0 Å². The van der Waals surface area contributed by atoms with Crippen molar-refractivity contribution < 1.29 is 9.90 Å². The number of anilines is 1. The molecule has 4 rings (SSSR count). The fourth-order valence-electron chi connectivity index (χ4n) is 4.80. The van der Waals surface area contributed by atoms with Gasteiger partial charge in [-0.3, -0.25) is 4.79 Å². The Morgan fingerprint density at radius 1 is 1.15 bits per heavy atom. The first kappa shape index (κ1) is 23.9. The summed E-state index contributed by atoms with van der Waals surface area (Å²) < 4.78 is 0. The maximum Gasteiger partial charge on any atom is 0.230 e. The van der Waals surface area contributed by atoms with E-state index in [1.807, 2.05) is 11.0 Å². The molecule has 178 valence electrons. The fourth-order valence-corrected chi connectivity index (χ4v) is 5.74. The molecule has 2 saturated carbocycles. The van der Waals surface area contributed by atoms with Gasteiger partial charge in [-0.1, -0.05) is 18.8 Å². The highest BCUT2D eigenvalue weighted by atomic mass is 32.1. The summed E-state index contributed by atoms with van der Waals surface area (Å²) in [7, 11) is 0. The van der Waals surface area contributed by atoms with E-state index in [0.717, 1.165) is 54.0 Å². The molecule has 2 N–H and O–H groups in total. The van der Waals surface area contributed by atoms with Crippen molar-refractivity contribution >= 4 is 22.9 Å². The summed E-state index contributed by atoms with van der Waals surface area (Å²) in [5.41, 5.74) is 0.717. The van der Waals surface area contributed by atoms with Gasteiger partial charge in [0.1, 0.15) is 4.88 Å². The van der Waals surface area contributed by atoms with Crippen LogP contribution in [-0.2, 0) is 4.79 Å². The first-order chi connectivity index (χ1) is 15.7. The second-order valence-corrected chi connectivity index (χ2v) is 11.7. The van der Waals surface area contributed by atoms with Crippen molar-refractivity contribution in [3.05, 3.63) is 10.9 Å². The Labute approximate surface area is 200 Å². The number of aromatic nitrogens is 4. The van der Waals surface area contributed by atoms with E-state index in [1.54, 1.807) is 0 Å².